The van der Waals surface area contributed by atoms with Crippen molar-refractivity contribution in [1.82, 2.24) is 20.5 Å². The predicted octanol–water partition coefficient (Wildman–Crippen LogP) is 3.70. The summed E-state index contributed by atoms with van der Waals surface area (Å²) in [6, 6.07) is 22.4. The fraction of sp³-hybridized carbons (Fsp3) is 0.154. The van der Waals surface area contributed by atoms with Crippen LogP contribution < -0.4 is 20.9 Å². The molecule has 0 aliphatic carbocycles. The Labute approximate surface area is 250 Å². The molecule has 1 aromatic heterocycles. The standard InChI is InChI=1S/C26H26N6O5S4/c33-16-4-15-27-23(34)24(35)29-28-19-9-11-20(12-10-19)31-41(36,37)22-13-7-18(8-14-22)17-39-25-30-32(26(38)40-25)21-5-2-1-3-6-21/h1-3,5-14,28,31,33H,4,15-17H2,(H,27,34)(H,29,35). The Bertz CT molecular complexity index is 1640. The maximum atomic E-state index is 12.9. The fourth-order valence-corrected chi connectivity index (χ4v) is 6.72. The molecule has 0 fully saturated rings. The van der Waals surface area contributed by atoms with Gasteiger partial charge < -0.3 is 10.4 Å². The zero-order chi connectivity index (χ0) is 29.2. The molecule has 41 heavy (non-hydrogen) atoms. The lowest BCUT2D eigenvalue weighted by atomic mass is 10.2. The molecule has 0 aliphatic heterocycles. The number of hydrogen-bond donors (Lipinski definition) is 5. The molecular weight excluding hydrogens is 605 g/mol. The highest BCUT2D eigenvalue weighted by atomic mass is 32.2. The van der Waals surface area contributed by atoms with Crippen molar-refractivity contribution in [3.05, 3.63) is 88.4 Å². The quantitative estimate of drug-likeness (QED) is 0.0518. The van der Waals surface area contributed by atoms with E-state index >= 15 is 0 Å². The molecule has 4 aromatic rings. The number of para-hydroxylation sites is 1. The van der Waals surface area contributed by atoms with Crippen molar-refractivity contribution in [3.63, 3.8) is 0 Å². The second kappa shape index (κ2) is 14.2. The Kier molecular flexibility index (Phi) is 10.5. The van der Waals surface area contributed by atoms with Gasteiger partial charge in [0.15, 0.2) is 8.29 Å². The van der Waals surface area contributed by atoms with Crippen LogP contribution in [0.1, 0.15) is 12.0 Å². The molecule has 2 amide bonds. The van der Waals surface area contributed by atoms with E-state index in [1.807, 2.05) is 30.3 Å². The van der Waals surface area contributed by atoms with Crippen molar-refractivity contribution in [3.8, 4) is 5.69 Å². The molecule has 0 spiro atoms. The van der Waals surface area contributed by atoms with E-state index in [0.717, 1.165) is 15.6 Å². The van der Waals surface area contributed by atoms with Crippen LogP contribution >= 0.6 is 35.3 Å². The number of carbonyl (C=O) groups excluding carboxylic acids is 2. The molecule has 0 unspecified atom stereocenters. The van der Waals surface area contributed by atoms with Crippen LogP contribution in [0.15, 0.2) is 88.1 Å². The summed E-state index contributed by atoms with van der Waals surface area (Å²) in [5.74, 6) is -1.15. The summed E-state index contributed by atoms with van der Waals surface area (Å²) in [7, 11) is -3.84. The number of aliphatic hydroxyl groups is 1. The van der Waals surface area contributed by atoms with Gasteiger partial charge in [-0.2, -0.15) is 0 Å². The highest BCUT2D eigenvalue weighted by Crippen LogP contribution is 2.28. The van der Waals surface area contributed by atoms with Gasteiger partial charge in [-0.05, 0) is 72.7 Å². The number of nitrogens with one attached hydrogen (secondary N) is 4. The van der Waals surface area contributed by atoms with E-state index in [2.05, 4.69) is 26.0 Å². The molecule has 0 radical (unpaired) electrons. The molecular formula is C26H26N6O5S4. The Balaban J connectivity index is 1.29. The highest BCUT2D eigenvalue weighted by Gasteiger charge is 2.15. The number of sulfonamides is 1. The summed E-state index contributed by atoms with van der Waals surface area (Å²) in [5.41, 5.74) is 7.41. The lowest BCUT2D eigenvalue weighted by Crippen LogP contribution is -2.42. The summed E-state index contributed by atoms with van der Waals surface area (Å²) >= 11 is 8.39. The number of thioether (sulfide) groups is 1. The van der Waals surface area contributed by atoms with Crippen molar-refractivity contribution in [2.24, 2.45) is 0 Å². The van der Waals surface area contributed by atoms with Crippen LogP contribution in [0.2, 0.25) is 0 Å². The Morgan fingerprint density at radius 1 is 0.951 bits per heavy atom. The number of nitrogens with zero attached hydrogens (tertiary/aromatic N) is 2. The van der Waals surface area contributed by atoms with Crippen LogP contribution in [-0.2, 0) is 25.4 Å². The summed E-state index contributed by atoms with van der Waals surface area (Å²) < 4.78 is 31.5. The zero-order valence-electron chi connectivity index (χ0n) is 21.4. The Hall–Kier alpha value is -3.76. The molecule has 0 atom stereocenters. The van der Waals surface area contributed by atoms with Gasteiger partial charge in [-0.15, -0.1) is 5.10 Å². The average molecular weight is 631 g/mol. The van der Waals surface area contributed by atoms with Crippen molar-refractivity contribution < 1.29 is 23.1 Å². The molecule has 0 saturated heterocycles. The van der Waals surface area contributed by atoms with Gasteiger partial charge in [0.05, 0.1) is 16.3 Å². The topological polar surface area (TPSA) is 154 Å². The second-order valence-corrected chi connectivity index (χ2v) is 12.9. The number of rotatable bonds is 12. The first-order valence-electron chi connectivity index (χ1n) is 12.2. The average Bonchev–Trinajstić information content (AvgIpc) is 3.36. The van der Waals surface area contributed by atoms with Gasteiger partial charge in [0.25, 0.3) is 10.0 Å². The van der Waals surface area contributed by atoms with Crippen molar-refractivity contribution >= 4 is 68.5 Å². The van der Waals surface area contributed by atoms with E-state index in [1.165, 1.54) is 47.4 Å². The third-order valence-electron chi connectivity index (χ3n) is 5.41. The third kappa shape index (κ3) is 8.61. The molecule has 0 saturated carbocycles. The maximum Gasteiger partial charge on any atom is 0.327 e. The normalized spacial score (nSPS) is 11.0. The van der Waals surface area contributed by atoms with E-state index in [1.54, 1.807) is 28.9 Å². The highest BCUT2D eigenvalue weighted by molar-refractivity contribution is 8.00. The summed E-state index contributed by atoms with van der Waals surface area (Å²) in [5, 5.41) is 15.7. The number of benzene rings is 3. The summed E-state index contributed by atoms with van der Waals surface area (Å²) in [4.78, 5) is 23.5. The number of carbonyl (C=O) groups is 2. The minimum absolute atomic E-state index is 0.0959. The lowest BCUT2D eigenvalue weighted by molar-refractivity contribution is -0.138. The molecule has 11 nitrogen and oxygen atoms in total. The van der Waals surface area contributed by atoms with Gasteiger partial charge >= 0.3 is 11.8 Å². The van der Waals surface area contributed by atoms with E-state index in [0.29, 0.717) is 27.5 Å². The molecule has 1 heterocycles. The molecule has 3 aromatic carbocycles. The monoisotopic (exact) mass is 630 g/mol. The fourth-order valence-electron chi connectivity index (χ4n) is 3.34. The van der Waals surface area contributed by atoms with Gasteiger partial charge in [0.1, 0.15) is 0 Å². The summed E-state index contributed by atoms with van der Waals surface area (Å²) in [6.07, 6.45) is 0.340. The van der Waals surface area contributed by atoms with E-state index in [4.69, 9.17) is 17.3 Å². The first-order valence-corrected chi connectivity index (χ1v) is 15.9. The number of aliphatic hydroxyl groups excluding tert-OH is 1. The molecule has 214 valence electrons. The van der Waals surface area contributed by atoms with Crippen LogP contribution in [0, 0.1) is 3.95 Å². The van der Waals surface area contributed by atoms with Gasteiger partial charge in [0, 0.05) is 24.6 Å². The van der Waals surface area contributed by atoms with Crippen LogP contribution in [0.3, 0.4) is 0 Å². The third-order valence-corrected chi connectivity index (χ3v) is 9.24. The minimum atomic E-state index is -3.84. The first-order chi connectivity index (χ1) is 19.7. The largest absolute Gasteiger partial charge is 0.396 e. The van der Waals surface area contributed by atoms with Crippen LogP contribution in [-0.4, -0.2) is 48.3 Å². The molecule has 0 aliphatic rings. The van der Waals surface area contributed by atoms with E-state index in [9.17, 15) is 18.0 Å². The molecule has 4 rings (SSSR count). The smallest absolute Gasteiger partial charge is 0.327 e. The van der Waals surface area contributed by atoms with Crippen LogP contribution in [0.5, 0.6) is 0 Å². The van der Waals surface area contributed by atoms with E-state index < -0.39 is 21.8 Å². The maximum absolute atomic E-state index is 12.9. The first kappa shape index (κ1) is 30.2. The molecule has 15 heteroatoms. The van der Waals surface area contributed by atoms with Gasteiger partial charge in [-0.25, -0.2) is 13.1 Å². The van der Waals surface area contributed by atoms with Crippen LogP contribution in [0.4, 0.5) is 11.4 Å². The molecule has 0 bridgehead atoms. The number of hydrogen-bond acceptors (Lipinski definition) is 10. The van der Waals surface area contributed by atoms with Crippen molar-refractivity contribution in [2.45, 2.75) is 21.4 Å². The van der Waals surface area contributed by atoms with Crippen molar-refractivity contribution in [2.75, 3.05) is 23.3 Å². The van der Waals surface area contributed by atoms with Crippen molar-refractivity contribution in [1.29, 1.82) is 0 Å². The van der Waals surface area contributed by atoms with Gasteiger partial charge in [0.2, 0.25) is 0 Å². The number of aromatic nitrogens is 2. The summed E-state index contributed by atoms with van der Waals surface area (Å²) in [6.45, 7) is 0.0821. The SMILES string of the molecule is O=C(NCCCO)C(=O)NNc1ccc(NS(=O)(=O)c2ccc(CSc3nn(-c4ccccc4)c(=S)s3)cc2)cc1. The lowest BCUT2D eigenvalue weighted by Gasteiger charge is -2.11. The zero-order valence-corrected chi connectivity index (χ0v) is 24.7. The number of amides is 2. The predicted molar refractivity (Wildman–Crippen MR) is 162 cm³/mol. The molecule has 5 N–H and O–H groups in total. The minimum Gasteiger partial charge on any atom is -0.396 e. The second-order valence-electron chi connectivity index (χ2n) is 8.41. The van der Waals surface area contributed by atoms with Gasteiger partial charge in [-0.1, -0.05) is 53.4 Å². The van der Waals surface area contributed by atoms with E-state index in [-0.39, 0.29) is 18.0 Å². The number of anilines is 2. The number of hydrazine groups is 1. The Morgan fingerprint density at radius 3 is 2.32 bits per heavy atom. The Morgan fingerprint density at radius 2 is 1.63 bits per heavy atom. The van der Waals surface area contributed by atoms with Gasteiger partial charge in [-0.3, -0.25) is 25.2 Å². The van der Waals surface area contributed by atoms with Crippen LogP contribution in [0.25, 0.3) is 5.69 Å².